The van der Waals surface area contributed by atoms with E-state index in [2.05, 4.69) is 4.90 Å². The van der Waals surface area contributed by atoms with Crippen molar-refractivity contribution in [2.45, 2.75) is 6.54 Å². The summed E-state index contributed by atoms with van der Waals surface area (Å²) < 4.78 is 0. The number of nitro benzene ring substituents is 1. The van der Waals surface area contributed by atoms with Gasteiger partial charge in [-0.05, 0) is 23.8 Å². The predicted molar refractivity (Wildman–Crippen MR) is 86.6 cm³/mol. The summed E-state index contributed by atoms with van der Waals surface area (Å²) in [6.07, 6.45) is 3.81. The van der Waals surface area contributed by atoms with Crippen molar-refractivity contribution in [3.05, 3.63) is 75.3 Å². The fourth-order valence-corrected chi connectivity index (χ4v) is 2.66. The molecule has 0 atom stereocenters. The van der Waals surface area contributed by atoms with Gasteiger partial charge < -0.3 is 10.0 Å². The van der Waals surface area contributed by atoms with Gasteiger partial charge in [0, 0.05) is 36.5 Å². The van der Waals surface area contributed by atoms with Crippen LogP contribution in [0.1, 0.15) is 21.5 Å². The third-order valence-electron chi connectivity index (χ3n) is 3.73. The maximum Gasteiger partial charge on any atom is 0.335 e. The Labute approximate surface area is 132 Å². The van der Waals surface area contributed by atoms with E-state index in [1.54, 1.807) is 30.3 Å². The monoisotopic (exact) mass is 310 g/mol. The Bertz CT molecular complexity index is 814. The minimum Gasteiger partial charge on any atom is -0.478 e. The van der Waals surface area contributed by atoms with Gasteiger partial charge in [0.2, 0.25) is 0 Å². The lowest BCUT2D eigenvalue weighted by Gasteiger charge is -2.28. The van der Waals surface area contributed by atoms with Crippen LogP contribution in [-0.2, 0) is 6.54 Å². The number of carboxylic acid groups (broad SMARTS) is 1. The van der Waals surface area contributed by atoms with Crippen LogP contribution in [0.5, 0.6) is 0 Å². The van der Waals surface area contributed by atoms with Crippen LogP contribution in [0.2, 0.25) is 0 Å². The van der Waals surface area contributed by atoms with Gasteiger partial charge in [-0.25, -0.2) is 4.79 Å². The smallest absolute Gasteiger partial charge is 0.335 e. The first-order valence-electron chi connectivity index (χ1n) is 7.07. The molecule has 0 bridgehead atoms. The highest BCUT2D eigenvalue weighted by molar-refractivity contribution is 5.87. The van der Waals surface area contributed by atoms with Crippen molar-refractivity contribution < 1.29 is 14.8 Å². The molecule has 0 radical (unpaired) electrons. The molecule has 0 saturated carbocycles. The molecule has 0 spiro atoms. The molecule has 0 aromatic heterocycles. The summed E-state index contributed by atoms with van der Waals surface area (Å²) in [6, 6.07) is 11.6. The van der Waals surface area contributed by atoms with Gasteiger partial charge >= 0.3 is 5.97 Å². The number of hydrogen-bond donors (Lipinski definition) is 1. The van der Waals surface area contributed by atoms with E-state index in [0.717, 1.165) is 16.8 Å². The van der Waals surface area contributed by atoms with Gasteiger partial charge in [0.25, 0.3) is 5.69 Å². The van der Waals surface area contributed by atoms with Crippen molar-refractivity contribution in [2.75, 3.05) is 11.4 Å². The van der Waals surface area contributed by atoms with Crippen molar-refractivity contribution in [3.63, 3.8) is 0 Å². The zero-order valence-corrected chi connectivity index (χ0v) is 12.2. The number of non-ortho nitro benzene ring substituents is 1. The highest BCUT2D eigenvalue weighted by Gasteiger charge is 2.17. The second kappa shape index (κ2) is 5.92. The van der Waals surface area contributed by atoms with Crippen molar-refractivity contribution in [3.8, 4) is 0 Å². The van der Waals surface area contributed by atoms with Gasteiger partial charge in [-0.1, -0.05) is 24.3 Å². The molecule has 0 fully saturated rings. The van der Waals surface area contributed by atoms with E-state index in [0.29, 0.717) is 13.1 Å². The predicted octanol–water partition coefficient (Wildman–Crippen LogP) is 3.33. The number of rotatable bonds is 4. The van der Waals surface area contributed by atoms with Crippen LogP contribution in [0.4, 0.5) is 11.4 Å². The van der Waals surface area contributed by atoms with Crippen molar-refractivity contribution >= 4 is 23.4 Å². The largest absolute Gasteiger partial charge is 0.478 e. The summed E-state index contributed by atoms with van der Waals surface area (Å²) in [5, 5.41) is 19.9. The van der Waals surface area contributed by atoms with Crippen LogP contribution in [0.3, 0.4) is 0 Å². The zero-order valence-electron chi connectivity index (χ0n) is 12.2. The Hall–Kier alpha value is -3.15. The topological polar surface area (TPSA) is 83.7 Å². The average molecular weight is 310 g/mol. The molecule has 23 heavy (non-hydrogen) atoms. The fourth-order valence-electron chi connectivity index (χ4n) is 2.66. The van der Waals surface area contributed by atoms with Gasteiger partial charge in [0.05, 0.1) is 10.5 Å². The molecule has 116 valence electrons. The molecule has 1 N–H and O–H groups in total. The minimum atomic E-state index is -0.957. The molecule has 6 nitrogen and oxygen atoms in total. The van der Waals surface area contributed by atoms with Gasteiger partial charge in [-0.3, -0.25) is 10.1 Å². The molecule has 0 amide bonds. The first-order chi connectivity index (χ1) is 11.0. The number of benzene rings is 2. The third-order valence-corrected chi connectivity index (χ3v) is 3.73. The number of nitro groups is 1. The van der Waals surface area contributed by atoms with Crippen LogP contribution in [-0.4, -0.2) is 22.5 Å². The second-order valence-electron chi connectivity index (χ2n) is 5.29. The fraction of sp³-hybridized carbons (Fsp3) is 0.118. The maximum atomic E-state index is 11.1. The van der Waals surface area contributed by atoms with Crippen LogP contribution >= 0.6 is 0 Å². The van der Waals surface area contributed by atoms with E-state index in [-0.39, 0.29) is 11.3 Å². The first kappa shape index (κ1) is 14.8. The second-order valence-corrected chi connectivity index (χ2v) is 5.29. The molecule has 0 unspecified atom stereocenters. The van der Waals surface area contributed by atoms with E-state index in [4.69, 9.17) is 5.11 Å². The third kappa shape index (κ3) is 3.06. The number of anilines is 1. The summed E-state index contributed by atoms with van der Waals surface area (Å²) in [6.45, 7) is 1.21. The molecule has 0 aliphatic carbocycles. The molecule has 1 aliphatic rings. The van der Waals surface area contributed by atoms with Crippen LogP contribution in [0.25, 0.3) is 6.08 Å². The van der Waals surface area contributed by atoms with Crippen molar-refractivity contribution in [1.29, 1.82) is 0 Å². The number of fused-ring (bicyclic) bond motifs is 1. The van der Waals surface area contributed by atoms with E-state index < -0.39 is 10.9 Å². The van der Waals surface area contributed by atoms with Gasteiger partial charge in [0.15, 0.2) is 0 Å². The quantitative estimate of drug-likeness (QED) is 0.691. The highest BCUT2D eigenvalue weighted by atomic mass is 16.6. The molecular weight excluding hydrogens is 296 g/mol. The van der Waals surface area contributed by atoms with Gasteiger partial charge in [-0.2, -0.15) is 0 Å². The molecular formula is C17H14N2O4. The summed E-state index contributed by atoms with van der Waals surface area (Å²) in [5.74, 6) is -0.957. The summed E-state index contributed by atoms with van der Waals surface area (Å²) in [7, 11) is 0. The SMILES string of the molecule is O=C(O)c1cccc(CN2CC=Cc3cc([N+](=O)[O-])ccc32)c1. The number of carboxylic acids is 1. The van der Waals surface area contributed by atoms with E-state index >= 15 is 0 Å². The lowest BCUT2D eigenvalue weighted by atomic mass is 10.0. The van der Waals surface area contributed by atoms with Gasteiger partial charge in [-0.15, -0.1) is 0 Å². The van der Waals surface area contributed by atoms with Crippen LogP contribution in [0, 0.1) is 10.1 Å². The summed E-state index contributed by atoms with van der Waals surface area (Å²) in [5.41, 5.74) is 2.88. The molecule has 0 saturated heterocycles. The first-order valence-corrected chi connectivity index (χ1v) is 7.07. The standard InChI is InChI=1S/C17H14N2O4/c20-17(21)14-4-1-3-12(9-14)11-18-8-2-5-13-10-15(19(22)23)6-7-16(13)18/h1-7,9-10H,8,11H2,(H,20,21). The van der Waals surface area contributed by atoms with Crippen molar-refractivity contribution in [1.82, 2.24) is 0 Å². The molecule has 2 aromatic carbocycles. The number of carbonyl (C=O) groups is 1. The molecule has 3 rings (SSSR count). The van der Waals surface area contributed by atoms with Crippen LogP contribution < -0.4 is 4.90 Å². The highest BCUT2D eigenvalue weighted by Crippen LogP contribution is 2.30. The van der Waals surface area contributed by atoms with Gasteiger partial charge in [0.1, 0.15) is 0 Å². The Kier molecular flexibility index (Phi) is 3.80. The molecule has 1 aliphatic heterocycles. The Morgan fingerprint density at radius 2 is 2.09 bits per heavy atom. The number of hydrogen-bond acceptors (Lipinski definition) is 4. The molecule has 6 heteroatoms. The Morgan fingerprint density at radius 3 is 2.83 bits per heavy atom. The lowest BCUT2D eigenvalue weighted by molar-refractivity contribution is -0.384. The van der Waals surface area contributed by atoms with E-state index in [9.17, 15) is 14.9 Å². The van der Waals surface area contributed by atoms with Crippen LogP contribution in [0.15, 0.2) is 48.5 Å². The lowest BCUT2D eigenvalue weighted by Crippen LogP contribution is -2.25. The Balaban J connectivity index is 1.89. The van der Waals surface area contributed by atoms with E-state index in [1.807, 2.05) is 18.2 Å². The normalized spacial score (nSPS) is 12.8. The zero-order chi connectivity index (χ0) is 16.4. The summed E-state index contributed by atoms with van der Waals surface area (Å²) >= 11 is 0. The van der Waals surface area contributed by atoms with Crippen molar-refractivity contribution in [2.24, 2.45) is 0 Å². The molecule has 2 aromatic rings. The summed E-state index contributed by atoms with van der Waals surface area (Å²) in [4.78, 5) is 23.6. The number of aromatic carboxylic acids is 1. The van der Waals surface area contributed by atoms with E-state index in [1.165, 1.54) is 6.07 Å². The average Bonchev–Trinajstić information content (AvgIpc) is 2.55. The molecule has 1 heterocycles. The minimum absolute atomic E-state index is 0.0584. The Morgan fingerprint density at radius 1 is 1.26 bits per heavy atom. The number of nitrogens with zero attached hydrogens (tertiary/aromatic N) is 2. The maximum absolute atomic E-state index is 11.1.